The highest BCUT2D eigenvalue weighted by molar-refractivity contribution is 5.96. The van der Waals surface area contributed by atoms with Gasteiger partial charge in [-0.25, -0.2) is 4.98 Å². The van der Waals surface area contributed by atoms with E-state index in [1.165, 1.54) is 16.5 Å². The van der Waals surface area contributed by atoms with E-state index < -0.39 is 0 Å². The molecule has 0 amide bonds. The molecule has 6 heteroatoms. The average molecular weight is 521 g/mol. The van der Waals surface area contributed by atoms with Crippen molar-refractivity contribution in [3.8, 4) is 6.07 Å². The highest BCUT2D eigenvalue weighted by Crippen LogP contribution is 2.40. The van der Waals surface area contributed by atoms with Crippen LogP contribution in [0.2, 0.25) is 0 Å². The maximum atomic E-state index is 14.0. The molecule has 2 aromatic carbocycles. The number of Topliss-reactive ketones (excluding diaryl/α,β-unsaturated/α-hetero) is 1. The molecule has 0 radical (unpaired) electrons. The third-order valence-electron chi connectivity index (χ3n) is 7.86. The number of aromatic nitrogens is 3. The van der Waals surface area contributed by atoms with Gasteiger partial charge in [0.05, 0.1) is 18.4 Å². The van der Waals surface area contributed by atoms with E-state index in [9.17, 15) is 14.9 Å². The Morgan fingerprint density at radius 2 is 1.87 bits per heavy atom. The lowest BCUT2D eigenvalue weighted by Gasteiger charge is -2.20. The summed E-state index contributed by atoms with van der Waals surface area (Å²) in [6, 6.07) is 20.2. The molecular weight excluding hydrogens is 484 g/mol. The minimum atomic E-state index is -0.281. The van der Waals surface area contributed by atoms with Gasteiger partial charge < -0.3 is 4.57 Å². The highest BCUT2D eigenvalue weighted by Gasteiger charge is 2.28. The fraction of sp³-hybridized carbons (Fsp3) is 0.394. The summed E-state index contributed by atoms with van der Waals surface area (Å²) < 4.78 is 3.42. The maximum absolute atomic E-state index is 14.0. The monoisotopic (exact) mass is 520 g/mol. The predicted octanol–water partition coefficient (Wildman–Crippen LogP) is 6.95. The van der Waals surface area contributed by atoms with Crippen LogP contribution in [-0.2, 0) is 13.1 Å². The molecule has 200 valence electrons. The minimum absolute atomic E-state index is 0.0855. The van der Waals surface area contributed by atoms with Gasteiger partial charge in [0.2, 0.25) is 0 Å². The first-order valence-corrected chi connectivity index (χ1v) is 14.2. The van der Waals surface area contributed by atoms with Gasteiger partial charge in [-0.1, -0.05) is 81.6 Å². The fourth-order valence-electron chi connectivity index (χ4n) is 5.70. The van der Waals surface area contributed by atoms with Gasteiger partial charge in [0.25, 0.3) is 5.56 Å². The van der Waals surface area contributed by atoms with Crippen LogP contribution in [0.1, 0.15) is 103 Å². The largest absolute Gasteiger partial charge is 0.333 e. The van der Waals surface area contributed by atoms with Crippen molar-refractivity contribution in [1.82, 2.24) is 14.1 Å². The topological polar surface area (TPSA) is 80.7 Å². The Hall–Kier alpha value is -3.98. The average Bonchev–Trinajstić information content (AvgIpc) is 3.76. The van der Waals surface area contributed by atoms with Crippen LogP contribution in [0.4, 0.5) is 0 Å². The van der Waals surface area contributed by atoms with Crippen molar-refractivity contribution in [2.45, 2.75) is 83.7 Å². The van der Waals surface area contributed by atoms with Gasteiger partial charge in [-0.15, -0.1) is 0 Å². The molecule has 4 aromatic rings. The van der Waals surface area contributed by atoms with Gasteiger partial charge in [0.1, 0.15) is 17.1 Å². The molecule has 2 heterocycles. The smallest absolute Gasteiger partial charge is 0.278 e. The van der Waals surface area contributed by atoms with Crippen molar-refractivity contribution < 1.29 is 4.79 Å². The number of carbonyl (C=O) groups is 1. The molecule has 1 aliphatic rings. The second kappa shape index (κ2) is 11.8. The van der Waals surface area contributed by atoms with Gasteiger partial charge in [0, 0.05) is 23.7 Å². The number of benzene rings is 2. The summed E-state index contributed by atoms with van der Waals surface area (Å²) in [4.78, 5) is 31.9. The summed E-state index contributed by atoms with van der Waals surface area (Å²) in [6.07, 6.45) is 8.75. The Morgan fingerprint density at radius 1 is 1.08 bits per heavy atom. The zero-order valence-corrected chi connectivity index (χ0v) is 22.9. The van der Waals surface area contributed by atoms with Crippen molar-refractivity contribution in [2.24, 2.45) is 0 Å². The molecule has 0 N–H and O–H groups in total. The predicted molar refractivity (Wildman–Crippen MR) is 154 cm³/mol. The molecule has 0 bridgehead atoms. The van der Waals surface area contributed by atoms with Crippen molar-refractivity contribution in [2.75, 3.05) is 0 Å². The van der Waals surface area contributed by atoms with Crippen molar-refractivity contribution in [1.29, 1.82) is 5.26 Å². The molecule has 0 saturated heterocycles. The van der Waals surface area contributed by atoms with E-state index in [2.05, 4.69) is 31.0 Å². The molecule has 0 spiro atoms. The number of nitrogens with zero attached hydrogens (tertiary/aromatic N) is 4. The Bertz CT molecular complexity index is 1570. The van der Waals surface area contributed by atoms with Gasteiger partial charge in [-0.2, -0.15) is 5.26 Å². The number of carbonyl (C=O) groups excluding carboxylic acids is 1. The molecule has 5 rings (SSSR count). The summed E-state index contributed by atoms with van der Waals surface area (Å²) in [7, 11) is 0. The van der Waals surface area contributed by atoms with Gasteiger partial charge >= 0.3 is 0 Å². The second-order valence-electron chi connectivity index (χ2n) is 10.8. The van der Waals surface area contributed by atoms with Gasteiger partial charge in [0.15, 0.2) is 5.78 Å². The molecule has 1 unspecified atom stereocenters. The number of hydrogen-bond acceptors (Lipinski definition) is 4. The van der Waals surface area contributed by atoms with Crippen LogP contribution in [0.5, 0.6) is 0 Å². The molecule has 1 saturated carbocycles. The lowest BCUT2D eigenvalue weighted by Crippen LogP contribution is -2.26. The van der Waals surface area contributed by atoms with E-state index in [4.69, 9.17) is 0 Å². The number of unbranched alkanes of at least 4 members (excludes halogenated alkanes) is 1. The van der Waals surface area contributed by atoms with E-state index >= 15 is 0 Å². The van der Waals surface area contributed by atoms with E-state index in [1.54, 1.807) is 0 Å². The lowest BCUT2D eigenvalue weighted by atomic mass is 9.91. The van der Waals surface area contributed by atoms with E-state index in [1.807, 2.05) is 53.1 Å². The first-order valence-electron chi connectivity index (χ1n) is 14.2. The number of rotatable bonds is 12. The quantitative estimate of drug-likeness (QED) is 0.189. The van der Waals surface area contributed by atoms with Crippen molar-refractivity contribution >= 4 is 16.8 Å². The van der Waals surface area contributed by atoms with Crippen LogP contribution in [-0.4, -0.2) is 19.9 Å². The zero-order valence-electron chi connectivity index (χ0n) is 22.9. The normalized spacial score (nSPS) is 13.9. The van der Waals surface area contributed by atoms with Crippen LogP contribution in [0, 0.1) is 11.3 Å². The van der Waals surface area contributed by atoms with Crippen LogP contribution < -0.4 is 5.56 Å². The molecule has 1 fully saturated rings. The van der Waals surface area contributed by atoms with Gasteiger partial charge in [-0.05, 0) is 48.8 Å². The molecule has 2 aromatic heterocycles. The van der Waals surface area contributed by atoms with E-state index in [0.717, 1.165) is 56.2 Å². The number of ketones is 1. The Morgan fingerprint density at radius 3 is 2.56 bits per heavy atom. The fourth-order valence-corrected chi connectivity index (χ4v) is 5.70. The highest BCUT2D eigenvalue weighted by atomic mass is 16.1. The molecule has 1 atom stereocenters. The Balaban J connectivity index is 1.62. The summed E-state index contributed by atoms with van der Waals surface area (Å²) in [6.45, 7) is 4.71. The minimum Gasteiger partial charge on any atom is -0.333 e. The van der Waals surface area contributed by atoms with Crippen LogP contribution in [0.15, 0.2) is 65.7 Å². The molecular formula is C33H36N4O2. The molecule has 1 aliphatic carbocycles. The second-order valence-corrected chi connectivity index (χ2v) is 10.8. The summed E-state index contributed by atoms with van der Waals surface area (Å²) >= 11 is 0. The first kappa shape index (κ1) is 26.6. The zero-order chi connectivity index (χ0) is 27.4. The molecule has 0 aliphatic heterocycles. The lowest BCUT2D eigenvalue weighted by molar-refractivity contribution is 0.0970. The number of fused-ring (bicyclic) bond motifs is 1. The third-order valence-corrected chi connectivity index (χ3v) is 7.86. The molecule has 6 nitrogen and oxygen atoms in total. The number of hydrogen-bond donors (Lipinski definition) is 0. The Labute approximate surface area is 229 Å². The summed E-state index contributed by atoms with van der Waals surface area (Å²) in [5, 5.41) is 10.3. The standard InChI is InChI=1S/C33H36N4O2/c1-3-5-13-25(10-4-2)31-28(19-34)30-32(37(31)20-23-11-7-6-8-12-23)33(39)36(22-35-30)21-29(38)27-15-9-14-26(18-27)24-16-17-24/h6-9,11-12,14-15,18,22,24-25H,3-5,10,13,16-17,20-21H2,1-2H3. The third kappa shape index (κ3) is 5.59. The molecule has 39 heavy (non-hydrogen) atoms. The summed E-state index contributed by atoms with van der Waals surface area (Å²) in [5.41, 5.74) is 4.81. The maximum Gasteiger partial charge on any atom is 0.278 e. The van der Waals surface area contributed by atoms with Crippen LogP contribution >= 0.6 is 0 Å². The number of nitriles is 1. The summed E-state index contributed by atoms with van der Waals surface area (Å²) in [5.74, 6) is 0.586. The SMILES string of the molecule is CCCCC(CCC)c1c(C#N)c2ncn(CC(=O)c3cccc(C4CC4)c3)c(=O)c2n1Cc1ccccc1. The Kier molecular flexibility index (Phi) is 8.07. The van der Waals surface area contributed by atoms with E-state index in [0.29, 0.717) is 34.6 Å². The van der Waals surface area contributed by atoms with Crippen LogP contribution in [0.25, 0.3) is 11.0 Å². The van der Waals surface area contributed by atoms with E-state index in [-0.39, 0.29) is 23.8 Å². The van der Waals surface area contributed by atoms with Crippen LogP contribution in [0.3, 0.4) is 0 Å². The first-order chi connectivity index (χ1) is 19.0. The van der Waals surface area contributed by atoms with Crippen molar-refractivity contribution in [3.05, 3.63) is 99.2 Å². The van der Waals surface area contributed by atoms with Gasteiger partial charge in [-0.3, -0.25) is 14.2 Å². The van der Waals surface area contributed by atoms with Crippen molar-refractivity contribution in [3.63, 3.8) is 0 Å².